The van der Waals surface area contributed by atoms with E-state index in [-0.39, 0.29) is 6.61 Å². The molecule has 1 N–H and O–H groups in total. The smallest absolute Gasteiger partial charge is 0.385 e. The van der Waals surface area contributed by atoms with Gasteiger partial charge in [0.1, 0.15) is 18.1 Å². The maximum atomic E-state index is 13.0. The Morgan fingerprint density at radius 2 is 2.40 bits per heavy atom. The average molecular weight is 218 g/mol. The van der Waals surface area contributed by atoms with Crippen molar-refractivity contribution in [3.8, 4) is 0 Å². The van der Waals surface area contributed by atoms with Gasteiger partial charge in [0.15, 0.2) is 0 Å². The quantitative estimate of drug-likeness (QED) is 0.789. The van der Waals surface area contributed by atoms with E-state index in [1.165, 1.54) is 4.57 Å². The van der Waals surface area contributed by atoms with Crippen LogP contribution in [0.3, 0.4) is 0 Å². The summed E-state index contributed by atoms with van der Waals surface area (Å²) in [6, 6.07) is 0. The highest BCUT2D eigenvalue weighted by atomic mass is 19.3. The molecule has 15 heavy (non-hydrogen) atoms. The molecular formula is C8H8F2N2O3. The van der Waals surface area contributed by atoms with E-state index in [0.717, 1.165) is 6.20 Å². The number of nitrogens with zero attached hydrogens (tertiary/aromatic N) is 2. The van der Waals surface area contributed by atoms with Crippen LogP contribution < -0.4 is 0 Å². The monoisotopic (exact) mass is 218 g/mol. The molecule has 0 radical (unpaired) electrons. The lowest BCUT2D eigenvalue weighted by molar-refractivity contribution is -0.166. The van der Waals surface area contributed by atoms with Crippen LogP contribution in [0.4, 0.5) is 8.78 Å². The van der Waals surface area contributed by atoms with Crippen molar-refractivity contribution in [3.63, 3.8) is 0 Å². The first-order chi connectivity index (χ1) is 7.01. The molecule has 0 unspecified atom stereocenters. The maximum absolute atomic E-state index is 13.0. The van der Waals surface area contributed by atoms with Crippen LogP contribution in [0, 0.1) is 0 Å². The SMILES string of the molecule is O=C(O)C(F)(F)c1cn2c(n1)COCC2. The summed E-state index contributed by atoms with van der Waals surface area (Å²) in [6.07, 6.45) is 1.06. The van der Waals surface area contributed by atoms with Crippen molar-refractivity contribution in [2.24, 2.45) is 0 Å². The highest BCUT2D eigenvalue weighted by Gasteiger charge is 2.44. The van der Waals surface area contributed by atoms with Crippen molar-refractivity contribution < 1.29 is 23.4 Å². The zero-order valence-electron chi connectivity index (χ0n) is 7.61. The van der Waals surface area contributed by atoms with Crippen LogP contribution in [0.25, 0.3) is 0 Å². The summed E-state index contributed by atoms with van der Waals surface area (Å²) in [5, 5.41) is 8.33. The number of carboxylic acid groups (broad SMARTS) is 1. The normalized spacial score (nSPS) is 16.1. The summed E-state index contributed by atoms with van der Waals surface area (Å²) in [6.45, 7) is 0.967. The van der Waals surface area contributed by atoms with E-state index in [0.29, 0.717) is 19.0 Å². The Kier molecular flexibility index (Phi) is 2.18. The van der Waals surface area contributed by atoms with Crippen molar-refractivity contribution in [1.29, 1.82) is 0 Å². The predicted octanol–water partition coefficient (Wildman–Crippen LogP) is 0.590. The van der Waals surface area contributed by atoms with Crippen LogP contribution in [-0.2, 0) is 28.6 Å². The first-order valence-electron chi connectivity index (χ1n) is 4.27. The third-order valence-corrected chi connectivity index (χ3v) is 2.16. The van der Waals surface area contributed by atoms with Gasteiger partial charge in [-0.15, -0.1) is 0 Å². The number of hydrogen-bond donors (Lipinski definition) is 1. The molecule has 0 fully saturated rings. The molecule has 0 atom stereocenters. The summed E-state index contributed by atoms with van der Waals surface area (Å²) < 4.78 is 32.6. The third kappa shape index (κ3) is 1.58. The molecule has 7 heteroatoms. The van der Waals surface area contributed by atoms with Crippen molar-refractivity contribution >= 4 is 5.97 Å². The molecule has 0 spiro atoms. The van der Waals surface area contributed by atoms with Crippen LogP contribution in [0.5, 0.6) is 0 Å². The maximum Gasteiger partial charge on any atom is 0.385 e. The third-order valence-electron chi connectivity index (χ3n) is 2.16. The second kappa shape index (κ2) is 3.27. The number of alkyl halides is 2. The van der Waals surface area contributed by atoms with Crippen molar-refractivity contribution in [2.75, 3.05) is 6.61 Å². The second-order valence-electron chi connectivity index (χ2n) is 3.17. The number of rotatable bonds is 2. The Morgan fingerprint density at radius 1 is 1.67 bits per heavy atom. The molecule has 0 saturated heterocycles. The summed E-state index contributed by atoms with van der Waals surface area (Å²) in [7, 11) is 0. The van der Waals surface area contributed by atoms with E-state index in [1.54, 1.807) is 0 Å². The molecule has 0 aliphatic carbocycles. The van der Waals surface area contributed by atoms with Gasteiger partial charge in [-0.25, -0.2) is 9.78 Å². The van der Waals surface area contributed by atoms with Gasteiger partial charge < -0.3 is 14.4 Å². The fraction of sp³-hybridized carbons (Fsp3) is 0.500. The molecule has 0 bridgehead atoms. The molecule has 5 nitrogen and oxygen atoms in total. The molecule has 1 aliphatic rings. The lowest BCUT2D eigenvalue weighted by Gasteiger charge is -2.13. The number of ether oxygens (including phenoxy) is 1. The highest BCUT2D eigenvalue weighted by Crippen LogP contribution is 2.28. The van der Waals surface area contributed by atoms with Gasteiger partial charge in [0.05, 0.1) is 6.61 Å². The van der Waals surface area contributed by atoms with Crippen LogP contribution in [0.2, 0.25) is 0 Å². The highest BCUT2D eigenvalue weighted by molar-refractivity contribution is 5.76. The fourth-order valence-corrected chi connectivity index (χ4v) is 1.35. The molecule has 2 rings (SSSR count). The minimum absolute atomic E-state index is 0.135. The number of imidazole rings is 1. The Labute approximate surface area is 83.3 Å². The zero-order valence-corrected chi connectivity index (χ0v) is 7.61. The Balaban J connectivity index is 2.37. The number of fused-ring (bicyclic) bond motifs is 1. The topological polar surface area (TPSA) is 64.3 Å². The van der Waals surface area contributed by atoms with Gasteiger partial charge in [-0.2, -0.15) is 8.78 Å². The lowest BCUT2D eigenvalue weighted by atomic mass is 10.2. The van der Waals surface area contributed by atoms with Crippen molar-refractivity contribution in [2.45, 2.75) is 19.1 Å². The number of hydrogen-bond acceptors (Lipinski definition) is 3. The Hall–Kier alpha value is -1.50. The number of carbonyl (C=O) groups is 1. The summed E-state index contributed by atoms with van der Waals surface area (Å²) >= 11 is 0. The number of halogens is 2. The molecule has 0 aromatic carbocycles. The predicted molar refractivity (Wildman–Crippen MR) is 43.4 cm³/mol. The van der Waals surface area contributed by atoms with Gasteiger partial charge in [-0.05, 0) is 0 Å². The molecule has 82 valence electrons. The van der Waals surface area contributed by atoms with Crippen LogP contribution >= 0.6 is 0 Å². The minimum Gasteiger partial charge on any atom is -0.476 e. The first kappa shape index (κ1) is 10.0. The summed E-state index contributed by atoms with van der Waals surface area (Å²) in [5.74, 6) is -5.80. The minimum atomic E-state index is -3.94. The second-order valence-corrected chi connectivity index (χ2v) is 3.17. The molecule has 0 saturated carbocycles. The molecular weight excluding hydrogens is 210 g/mol. The van der Waals surface area contributed by atoms with Gasteiger partial charge in [-0.1, -0.05) is 0 Å². The molecule has 1 aromatic heterocycles. The molecule has 0 amide bonds. The number of carboxylic acids is 1. The van der Waals surface area contributed by atoms with Gasteiger partial charge in [0.2, 0.25) is 0 Å². The van der Waals surface area contributed by atoms with Gasteiger partial charge in [-0.3, -0.25) is 0 Å². The molecule has 2 heterocycles. The fourth-order valence-electron chi connectivity index (χ4n) is 1.35. The summed E-state index contributed by atoms with van der Waals surface area (Å²) in [5.41, 5.74) is -0.740. The largest absolute Gasteiger partial charge is 0.476 e. The molecule has 1 aromatic rings. The average Bonchev–Trinajstić information content (AvgIpc) is 2.61. The standard InChI is InChI=1S/C8H8F2N2O3/c9-8(10,7(13)14)5-3-12-1-2-15-4-6(12)11-5/h3H,1-2,4H2,(H,13,14). The van der Waals surface area contributed by atoms with Gasteiger partial charge in [0, 0.05) is 12.7 Å². The van der Waals surface area contributed by atoms with Crippen molar-refractivity contribution in [1.82, 2.24) is 9.55 Å². The lowest BCUT2D eigenvalue weighted by Crippen LogP contribution is -2.25. The first-order valence-corrected chi connectivity index (χ1v) is 4.27. The van der Waals surface area contributed by atoms with E-state index in [1.807, 2.05) is 0 Å². The number of aromatic nitrogens is 2. The van der Waals surface area contributed by atoms with E-state index in [2.05, 4.69) is 4.98 Å². The van der Waals surface area contributed by atoms with Crippen LogP contribution in [0.1, 0.15) is 11.5 Å². The van der Waals surface area contributed by atoms with E-state index >= 15 is 0 Å². The van der Waals surface area contributed by atoms with E-state index in [4.69, 9.17) is 9.84 Å². The summed E-state index contributed by atoms with van der Waals surface area (Å²) in [4.78, 5) is 13.9. The Morgan fingerprint density at radius 3 is 3.00 bits per heavy atom. The van der Waals surface area contributed by atoms with E-state index in [9.17, 15) is 13.6 Å². The van der Waals surface area contributed by atoms with Gasteiger partial charge in [0.25, 0.3) is 0 Å². The zero-order chi connectivity index (χ0) is 11.1. The van der Waals surface area contributed by atoms with Crippen LogP contribution in [-0.4, -0.2) is 27.2 Å². The van der Waals surface area contributed by atoms with Crippen LogP contribution in [0.15, 0.2) is 6.20 Å². The number of aliphatic carboxylic acids is 1. The van der Waals surface area contributed by atoms with Gasteiger partial charge >= 0.3 is 11.9 Å². The van der Waals surface area contributed by atoms with E-state index < -0.39 is 17.6 Å². The molecule has 1 aliphatic heterocycles. The Bertz CT molecular complexity index is 379. The van der Waals surface area contributed by atoms with Crippen molar-refractivity contribution in [3.05, 3.63) is 17.7 Å².